The van der Waals surface area contributed by atoms with Crippen molar-refractivity contribution in [3.8, 4) is 16.9 Å². The minimum absolute atomic E-state index is 0. The van der Waals surface area contributed by atoms with Crippen LogP contribution in [0.3, 0.4) is 0 Å². The zero-order chi connectivity index (χ0) is 28.2. The molecule has 5 rings (SSSR count). The summed E-state index contributed by atoms with van der Waals surface area (Å²) in [6.45, 7) is 1.56. The van der Waals surface area contributed by atoms with E-state index >= 15 is 0 Å². The second-order valence-electron chi connectivity index (χ2n) is 10.7. The Bertz CT molecular complexity index is 1490. The molecule has 10 heteroatoms. The summed E-state index contributed by atoms with van der Waals surface area (Å²) in [6.07, 6.45) is 0.0742. The summed E-state index contributed by atoms with van der Waals surface area (Å²) in [6, 6.07) is 10.5. The monoisotopic (exact) mass is 553 g/mol. The number of primary amides is 1. The first kappa shape index (κ1) is 28.7. The SMILES string of the molecule is CC(O)CC(=O)Cc1ccc(-c2ccc(O)c3c2CC2CC4CC(=O)C(C(N)=O)=C(O)C4C(=O)C2=C3O)cc1.O.[HH].[HH]. The second kappa shape index (κ2) is 10.7. The van der Waals surface area contributed by atoms with Crippen molar-refractivity contribution in [1.29, 1.82) is 0 Å². The normalized spacial score (nSPS) is 22.6. The lowest BCUT2D eigenvalue weighted by atomic mass is 9.61. The number of phenols is 1. The van der Waals surface area contributed by atoms with Gasteiger partial charge in [-0.15, -0.1) is 0 Å². The van der Waals surface area contributed by atoms with Crippen molar-refractivity contribution in [2.75, 3.05) is 0 Å². The van der Waals surface area contributed by atoms with Crippen molar-refractivity contribution >= 4 is 29.0 Å². The second-order valence-corrected chi connectivity index (χ2v) is 10.7. The van der Waals surface area contributed by atoms with Crippen molar-refractivity contribution in [2.45, 2.75) is 45.1 Å². The standard InChI is InChI=1S/C30H29NO8.H2O.2H2/c1-13(32)8-18(33)9-14-2-4-15(5-3-14)19-6-7-21(34)25-20(19)11-16-10-17-12-22(35)26(30(31)39)29(38)24(17)27(36)23(16)28(25)37;;;/h2-7,13,16-17,24,32,34,37-38H,8-12H2,1H3,(H2,31,39);1H2;2*1H. The van der Waals surface area contributed by atoms with Crippen molar-refractivity contribution in [2.24, 2.45) is 23.5 Å². The van der Waals surface area contributed by atoms with Gasteiger partial charge < -0.3 is 31.6 Å². The molecule has 0 radical (unpaired) electrons. The number of aliphatic hydroxyl groups excluding tert-OH is 3. The molecule has 3 aliphatic rings. The van der Waals surface area contributed by atoms with Crippen LogP contribution < -0.4 is 5.73 Å². The molecule has 0 bridgehead atoms. The molecule has 8 N–H and O–H groups in total. The summed E-state index contributed by atoms with van der Waals surface area (Å²) in [7, 11) is 0. The maximum Gasteiger partial charge on any atom is 0.255 e. The summed E-state index contributed by atoms with van der Waals surface area (Å²) in [5, 5.41) is 42.1. The number of aliphatic hydroxyl groups is 3. The van der Waals surface area contributed by atoms with Gasteiger partial charge in [-0.3, -0.25) is 19.2 Å². The van der Waals surface area contributed by atoms with Gasteiger partial charge >= 0.3 is 0 Å². The number of aromatic hydroxyl groups is 1. The predicted octanol–water partition coefficient (Wildman–Crippen LogP) is 2.53. The lowest BCUT2D eigenvalue weighted by Gasteiger charge is -2.41. The quantitative estimate of drug-likeness (QED) is 0.335. The zero-order valence-electron chi connectivity index (χ0n) is 21.8. The van der Waals surface area contributed by atoms with Crippen LogP contribution in [0.1, 0.15) is 45.7 Å². The van der Waals surface area contributed by atoms with Gasteiger partial charge in [0.2, 0.25) is 0 Å². The topological polar surface area (TPSA) is 207 Å². The van der Waals surface area contributed by atoms with Crippen LogP contribution in [0.15, 0.2) is 53.3 Å². The zero-order valence-corrected chi connectivity index (χ0v) is 21.8. The average Bonchev–Trinajstić information content (AvgIpc) is 2.83. The molecule has 2 aromatic carbocycles. The van der Waals surface area contributed by atoms with Crippen LogP contribution in [0.4, 0.5) is 0 Å². The number of Topliss-reactive ketones (excluding diaryl/α,β-unsaturated/α-hetero) is 3. The highest BCUT2D eigenvalue weighted by Crippen LogP contribution is 2.51. The molecule has 214 valence electrons. The van der Waals surface area contributed by atoms with Crippen LogP contribution in [0.5, 0.6) is 5.75 Å². The first-order chi connectivity index (χ1) is 18.5. The molecule has 0 saturated heterocycles. The number of amides is 1. The number of allylic oxidation sites excluding steroid dienone is 2. The third-order valence-electron chi connectivity index (χ3n) is 7.96. The molecule has 4 unspecified atom stereocenters. The van der Waals surface area contributed by atoms with Crippen molar-refractivity contribution < 1.29 is 47.9 Å². The van der Waals surface area contributed by atoms with Gasteiger partial charge in [0.05, 0.1) is 17.6 Å². The number of fused-ring (bicyclic) bond motifs is 3. The number of hydrogen-bond donors (Lipinski definition) is 5. The van der Waals surface area contributed by atoms with Gasteiger partial charge in [0.15, 0.2) is 11.6 Å². The van der Waals surface area contributed by atoms with Crippen molar-refractivity contribution in [3.63, 3.8) is 0 Å². The van der Waals surface area contributed by atoms with Crippen LogP contribution in [-0.2, 0) is 32.0 Å². The summed E-state index contributed by atoms with van der Waals surface area (Å²) in [4.78, 5) is 49.9. The van der Waals surface area contributed by atoms with Crippen molar-refractivity contribution in [1.82, 2.24) is 0 Å². The Morgan fingerprint density at radius 1 is 1.05 bits per heavy atom. The number of carbonyl (C=O) groups is 4. The molecule has 2 aromatic rings. The fourth-order valence-corrected chi connectivity index (χ4v) is 6.34. The highest BCUT2D eigenvalue weighted by Gasteiger charge is 2.51. The largest absolute Gasteiger partial charge is 0.511 e. The van der Waals surface area contributed by atoms with Gasteiger partial charge in [-0.2, -0.15) is 0 Å². The van der Waals surface area contributed by atoms with E-state index in [1.807, 2.05) is 24.3 Å². The van der Waals surface area contributed by atoms with Crippen LogP contribution in [0, 0.1) is 17.8 Å². The lowest BCUT2D eigenvalue weighted by molar-refractivity contribution is -0.127. The number of carbonyl (C=O) groups excluding carboxylic acids is 4. The van der Waals surface area contributed by atoms with Crippen LogP contribution in [-0.4, -0.2) is 55.3 Å². The molecule has 0 heterocycles. The summed E-state index contributed by atoms with van der Waals surface area (Å²) < 4.78 is 0. The van der Waals surface area contributed by atoms with E-state index in [1.54, 1.807) is 13.0 Å². The molecule has 0 aromatic heterocycles. The Hall–Kier alpha value is -4.28. The van der Waals surface area contributed by atoms with E-state index in [0.717, 1.165) is 16.7 Å². The summed E-state index contributed by atoms with van der Waals surface area (Å²) >= 11 is 0. The minimum Gasteiger partial charge on any atom is -0.511 e. The van der Waals surface area contributed by atoms with E-state index in [1.165, 1.54) is 6.07 Å². The molecule has 0 aliphatic heterocycles. The van der Waals surface area contributed by atoms with E-state index in [9.17, 15) is 39.6 Å². The first-order valence-corrected chi connectivity index (χ1v) is 12.9. The van der Waals surface area contributed by atoms with Gasteiger partial charge in [0.25, 0.3) is 5.91 Å². The molecule has 1 fully saturated rings. The smallest absolute Gasteiger partial charge is 0.255 e. The Morgan fingerprint density at radius 2 is 1.73 bits per heavy atom. The Kier molecular flexibility index (Phi) is 7.69. The molecule has 10 nitrogen and oxygen atoms in total. The number of benzene rings is 2. The van der Waals surface area contributed by atoms with E-state index in [0.29, 0.717) is 18.4 Å². The van der Waals surface area contributed by atoms with E-state index in [2.05, 4.69) is 0 Å². The molecule has 40 heavy (non-hydrogen) atoms. The first-order valence-electron chi connectivity index (χ1n) is 12.9. The Labute approximate surface area is 232 Å². The Morgan fingerprint density at radius 3 is 2.35 bits per heavy atom. The van der Waals surface area contributed by atoms with Crippen LogP contribution >= 0.6 is 0 Å². The van der Waals surface area contributed by atoms with Crippen LogP contribution in [0.2, 0.25) is 0 Å². The van der Waals surface area contributed by atoms with Gasteiger partial charge in [0, 0.05) is 27.7 Å². The van der Waals surface area contributed by atoms with Gasteiger partial charge in [-0.25, -0.2) is 0 Å². The van der Waals surface area contributed by atoms with Crippen molar-refractivity contribution in [3.05, 3.63) is 70.0 Å². The molecular weight excluding hydrogens is 518 g/mol. The number of ketones is 3. The molecule has 1 saturated carbocycles. The predicted molar refractivity (Wildman–Crippen MR) is 148 cm³/mol. The highest BCUT2D eigenvalue weighted by molar-refractivity contribution is 6.21. The fourth-order valence-electron chi connectivity index (χ4n) is 6.34. The number of hydrogen-bond acceptors (Lipinski definition) is 8. The van der Waals surface area contributed by atoms with E-state index in [4.69, 9.17) is 5.73 Å². The lowest BCUT2D eigenvalue weighted by Crippen LogP contribution is -2.44. The third-order valence-corrected chi connectivity index (χ3v) is 7.96. The van der Waals surface area contributed by atoms with Gasteiger partial charge in [0.1, 0.15) is 28.6 Å². The van der Waals surface area contributed by atoms with Gasteiger partial charge in [-0.1, -0.05) is 30.3 Å². The van der Waals surface area contributed by atoms with E-state index in [-0.39, 0.29) is 56.0 Å². The molecule has 1 amide bonds. The average molecular weight is 554 g/mol. The number of phenolic OH excluding ortho intramolecular Hbond substituents is 1. The summed E-state index contributed by atoms with van der Waals surface area (Å²) in [5.74, 6) is -5.76. The minimum atomic E-state index is -1.16. The molecule has 3 aliphatic carbocycles. The molecule has 4 atom stereocenters. The summed E-state index contributed by atoms with van der Waals surface area (Å²) in [5.41, 5.74) is 7.85. The third kappa shape index (κ3) is 4.80. The fraction of sp³-hybridized carbons (Fsp3) is 0.333. The van der Waals surface area contributed by atoms with Gasteiger partial charge in [-0.05, 0) is 59.9 Å². The Balaban J connectivity index is 0.00000205. The number of rotatable bonds is 6. The molecular formula is C30H35NO9. The molecule has 0 spiro atoms. The van der Waals surface area contributed by atoms with Crippen LogP contribution in [0.25, 0.3) is 16.9 Å². The maximum atomic E-state index is 13.6. The maximum absolute atomic E-state index is 13.6. The number of nitrogens with two attached hydrogens (primary N) is 1. The highest BCUT2D eigenvalue weighted by atomic mass is 16.3. The van der Waals surface area contributed by atoms with E-state index < -0.39 is 52.7 Å².